The predicted octanol–water partition coefficient (Wildman–Crippen LogP) is 6.50. The summed E-state index contributed by atoms with van der Waals surface area (Å²) in [6.07, 6.45) is 0.665. The van der Waals surface area contributed by atoms with Gasteiger partial charge >= 0.3 is 12.1 Å². The quantitative estimate of drug-likeness (QED) is 0.312. The molecule has 1 unspecified atom stereocenters. The van der Waals surface area contributed by atoms with Crippen LogP contribution >= 0.6 is 11.6 Å². The second-order valence-corrected chi connectivity index (χ2v) is 8.31. The van der Waals surface area contributed by atoms with Crippen molar-refractivity contribution in [1.29, 1.82) is 0 Å². The van der Waals surface area contributed by atoms with E-state index >= 15 is 0 Å². The molecule has 7 nitrogen and oxygen atoms in total. The monoisotopic (exact) mass is 489 g/mol. The fraction of sp³-hybridized carbons (Fsp3) is 0.148. The van der Waals surface area contributed by atoms with Gasteiger partial charge in [-0.3, -0.25) is 5.32 Å². The number of benzene rings is 3. The van der Waals surface area contributed by atoms with Gasteiger partial charge in [0.05, 0.1) is 24.0 Å². The Hall–Kier alpha value is -4.10. The maximum absolute atomic E-state index is 12.6. The average Bonchev–Trinajstić information content (AvgIpc) is 3.23. The van der Waals surface area contributed by atoms with E-state index in [1.54, 1.807) is 30.1 Å². The molecule has 0 aliphatic rings. The number of amides is 1. The normalized spacial score (nSPS) is 11.5. The van der Waals surface area contributed by atoms with Crippen LogP contribution < -0.4 is 5.32 Å². The second kappa shape index (κ2) is 10.4. The molecule has 0 aliphatic carbocycles. The van der Waals surface area contributed by atoms with Gasteiger partial charge in [0.2, 0.25) is 0 Å². The summed E-state index contributed by atoms with van der Waals surface area (Å²) >= 11 is 6.26. The molecule has 1 N–H and O–H groups in total. The summed E-state index contributed by atoms with van der Waals surface area (Å²) in [4.78, 5) is 28.8. The Bertz CT molecular complexity index is 1350. The number of carbonyl (C=O) groups excluding carboxylic acids is 2. The first-order valence-electron chi connectivity index (χ1n) is 10.9. The third kappa shape index (κ3) is 5.36. The molecule has 8 heteroatoms. The van der Waals surface area contributed by atoms with Crippen LogP contribution in [0.15, 0.2) is 79.1 Å². The number of anilines is 1. The van der Waals surface area contributed by atoms with Gasteiger partial charge in [-0.2, -0.15) is 0 Å². The van der Waals surface area contributed by atoms with Crippen molar-refractivity contribution in [2.24, 2.45) is 7.05 Å². The van der Waals surface area contributed by atoms with Gasteiger partial charge in [-0.15, -0.1) is 0 Å². The van der Waals surface area contributed by atoms with E-state index in [-0.39, 0.29) is 0 Å². The Labute approximate surface area is 208 Å². The van der Waals surface area contributed by atoms with Gasteiger partial charge in [0.1, 0.15) is 17.6 Å². The minimum Gasteiger partial charge on any atom is -0.465 e. The molecule has 1 heterocycles. The minimum absolute atomic E-state index is 0.312. The number of carbonyl (C=O) groups is 2. The van der Waals surface area contributed by atoms with Crippen molar-refractivity contribution in [2.75, 3.05) is 12.4 Å². The lowest BCUT2D eigenvalue weighted by Crippen LogP contribution is -2.18. The van der Waals surface area contributed by atoms with Crippen molar-refractivity contribution in [3.63, 3.8) is 0 Å². The van der Waals surface area contributed by atoms with Crippen molar-refractivity contribution in [1.82, 2.24) is 9.55 Å². The number of nitrogens with one attached hydrogen (secondary N) is 1. The van der Waals surface area contributed by atoms with E-state index in [1.165, 1.54) is 7.11 Å². The number of rotatable bonds is 6. The number of esters is 1. The lowest BCUT2D eigenvalue weighted by Gasteiger charge is -2.15. The van der Waals surface area contributed by atoms with Gasteiger partial charge in [-0.05, 0) is 35.7 Å². The number of aromatic nitrogens is 2. The molecule has 35 heavy (non-hydrogen) atoms. The summed E-state index contributed by atoms with van der Waals surface area (Å²) in [7, 11) is 3.11. The predicted molar refractivity (Wildman–Crippen MR) is 135 cm³/mol. The third-order valence-corrected chi connectivity index (χ3v) is 5.89. The molecule has 1 amide bonds. The molecular weight excluding hydrogens is 466 g/mol. The number of hydrogen-bond acceptors (Lipinski definition) is 5. The number of nitrogens with zero attached hydrogens (tertiary/aromatic N) is 2. The Morgan fingerprint density at radius 1 is 0.971 bits per heavy atom. The lowest BCUT2D eigenvalue weighted by molar-refractivity contribution is 0.0601. The van der Waals surface area contributed by atoms with Crippen molar-refractivity contribution in [3.8, 4) is 22.4 Å². The lowest BCUT2D eigenvalue weighted by atomic mass is 10.0. The number of ether oxygens (including phenoxy) is 2. The number of imidazole rings is 1. The van der Waals surface area contributed by atoms with Crippen LogP contribution in [0.1, 0.15) is 28.9 Å². The van der Waals surface area contributed by atoms with Crippen LogP contribution in [0.4, 0.5) is 10.6 Å². The van der Waals surface area contributed by atoms with Gasteiger partial charge in [0.15, 0.2) is 0 Å². The van der Waals surface area contributed by atoms with Crippen LogP contribution in [0.5, 0.6) is 0 Å². The van der Waals surface area contributed by atoms with Crippen LogP contribution in [0.2, 0.25) is 5.02 Å². The highest BCUT2D eigenvalue weighted by molar-refractivity contribution is 6.33. The number of hydrogen-bond donors (Lipinski definition) is 1. The third-order valence-electron chi connectivity index (χ3n) is 5.58. The van der Waals surface area contributed by atoms with Crippen LogP contribution in [0.3, 0.4) is 0 Å². The van der Waals surface area contributed by atoms with Gasteiger partial charge in [0, 0.05) is 12.6 Å². The Morgan fingerprint density at radius 3 is 2.29 bits per heavy atom. The zero-order valence-corrected chi connectivity index (χ0v) is 20.2. The number of aryl methyl sites for hydroxylation is 1. The van der Waals surface area contributed by atoms with Crippen LogP contribution in [-0.2, 0) is 16.5 Å². The van der Waals surface area contributed by atoms with Crippen molar-refractivity contribution >= 4 is 29.5 Å². The Balaban J connectivity index is 1.51. The zero-order valence-electron chi connectivity index (χ0n) is 19.5. The molecule has 1 aromatic heterocycles. The first kappa shape index (κ1) is 24.0. The highest BCUT2D eigenvalue weighted by atomic mass is 35.5. The van der Waals surface area contributed by atoms with Crippen molar-refractivity contribution < 1.29 is 19.1 Å². The smallest absolute Gasteiger partial charge is 0.413 e. The van der Waals surface area contributed by atoms with Gasteiger partial charge in [0.25, 0.3) is 0 Å². The second-order valence-electron chi connectivity index (χ2n) is 7.90. The van der Waals surface area contributed by atoms with E-state index in [4.69, 9.17) is 21.1 Å². The van der Waals surface area contributed by atoms with E-state index in [1.807, 2.05) is 67.6 Å². The molecule has 178 valence electrons. The fourth-order valence-corrected chi connectivity index (χ4v) is 3.92. The topological polar surface area (TPSA) is 82.5 Å². The SMILES string of the molecule is COC(=O)c1ccc(-c2ccc(-c3ncn(C)c3NC(=O)OC(C)c3ccccc3)cc2)cc1Cl. The molecular formula is C27H24ClN3O4. The molecule has 0 radical (unpaired) electrons. The van der Waals surface area contributed by atoms with E-state index in [9.17, 15) is 9.59 Å². The molecule has 4 aromatic rings. The first-order valence-corrected chi connectivity index (χ1v) is 11.3. The summed E-state index contributed by atoms with van der Waals surface area (Å²) in [6.45, 7) is 1.82. The Kier molecular flexibility index (Phi) is 7.17. The first-order chi connectivity index (χ1) is 16.9. The minimum atomic E-state index is -0.567. The summed E-state index contributed by atoms with van der Waals surface area (Å²) in [5.74, 6) is 0.0391. The van der Waals surface area contributed by atoms with Gasteiger partial charge in [-0.25, -0.2) is 14.6 Å². The summed E-state index contributed by atoms with van der Waals surface area (Å²) in [6, 6.07) is 22.4. The molecule has 0 aliphatic heterocycles. The van der Waals surface area contributed by atoms with E-state index in [0.717, 1.165) is 22.3 Å². The summed E-state index contributed by atoms with van der Waals surface area (Å²) in [5, 5.41) is 3.13. The van der Waals surface area contributed by atoms with Crippen LogP contribution in [0, 0.1) is 0 Å². The van der Waals surface area contributed by atoms with E-state index in [0.29, 0.717) is 22.1 Å². The molecule has 0 spiro atoms. The van der Waals surface area contributed by atoms with Crippen LogP contribution in [-0.4, -0.2) is 28.7 Å². The molecule has 0 saturated heterocycles. The largest absolute Gasteiger partial charge is 0.465 e. The summed E-state index contributed by atoms with van der Waals surface area (Å²) in [5.41, 5.74) is 4.41. The maximum Gasteiger partial charge on any atom is 0.413 e. The van der Waals surface area contributed by atoms with E-state index < -0.39 is 18.2 Å². The fourth-order valence-electron chi connectivity index (χ4n) is 3.66. The summed E-state index contributed by atoms with van der Waals surface area (Å²) < 4.78 is 12.0. The van der Waals surface area contributed by atoms with Crippen molar-refractivity contribution in [2.45, 2.75) is 13.0 Å². The standard InChI is InChI=1S/C27H24ClN3O4/c1-17(18-7-5-4-6-8-18)35-27(33)30-25-24(29-16-31(25)2)20-11-9-19(10-12-20)21-13-14-22(23(28)15-21)26(32)34-3/h4-17H,1-3H3,(H,30,33). The molecule has 1 atom stereocenters. The maximum atomic E-state index is 12.6. The molecule has 0 bridgehead atoms. The van der Waals surface area contributed by atoms with Gasteiger partial charge in [-0.1, -0.05) is 72.3 Å². The van der Waals surface area contributed by atoms with E-state index in [2.05, 4.69) is 10.3 Å². The van der Waals surface area contributed by atoms with Crippen molar-refractivity contribution in [3.05, 3.63) is 95.3 Å². The Morgan fingerprint density at radius 2 is 1.63 bits per heavy atom. The molecule has 3 aromatic carbocycles. The van der Waals surface area contributed by atoms with Gasteiger partial charge < -0.3 is 14.0 Å². The van der Waals surface area contributed by atoms with Crippen LogP contribution in [0.25, 0.3) is 22.4 Å². The number of halogens is 1. The molecule has 0 fully saturated rings. The zero-order chi connectivity index (χ0) is 24.9. The molecule has 0 saturated carbocycles. The molecule has 4 rings (SSSR count). The number of methoxy groups -OCH3 is 1. The average molecular weight is 490 g/mol. The highest BCUT2D eigenvalue weighted by Gasteiger charge is 2.18. The highest BCUT2D eigenvalue weighted by Crippen LogP contribution is 2.31.